The van der Waals surface area contributed by atoms with Gasteiger partial charge in [0.2, 0.25) is 5.78 Å². The number of ketones is 1. The molecule has 0 fully saturated rings. The van der Waals surface area contributed by atoms with Gasteiger partial charge in [0.05, 0.1) is 19.8 Å². The summed E-state index contributed by atoms with van der Waals surface area (Å²) in [6.45, 7) is 1.42. The van der Waals surface area contributed by atoms with Crippen LogP contribution >= 0.6 is 11.8 Å². The largest absolute Gasteiger partial charge is 0.497 e. The first-order valence-electron chi connectivity index (χ1n) is 9.68. The van der Waals surface area contributed by atoms with Crippen molar-refractivity contribution in [2.75, 3.05) is 32.8 Å². The lowest BCUT2D eigenvalue weighted by Gasteiger charge is -2.17. The predicted octanol–water partition coefficient (Wildman–Crippen LogP) is 3.29. The Labute approximate surface area is 186 Å². The second kappa shape index (κ2) is 12.0. The molecule has 0 spiro atoms. The zero-order valence-corrected chi connectivity index (χ0v) is 18.9. The molecule has 7 nitrogen and oxygen atoms in total. The van der Waals surface area contributed by atoms with E-state index in [2.05, 4.69) is 5.32 Å². The molecular weight excluding hydrogens is 418 g/mol. The van der Waals surface area contributed by atoms with Crippen LogP contribution in [0.25, 0.3) is 0 Å². The van der Waals surface area contributed by atoms with E-state index >= 15 is 0 Å². The fourth-order valence-electron chi connectivity index (χ4n) is 2.86. The van der Waals surface area contributed by atoms with Gasteiger partial charge in [-0.15, -0.1) is 0 Å². The molecule has 0 bridgehead atoms. The van der Waals surface area contributed by atoms with Crippen LogP contribution < -0.4 is 14.8 Å². The van der Waals surface area contributed by atoms with Crippen LogP contribution in [-0.2, 0) is 9.53 Å². The summed E-state index contributed by atoms with van der Waals surface area (Å²) in [5.41, 5.74) is 1.68. The number of hydrogen-bond donors (Lipinski definition) is 1. The molecule has 1 atom stereocenters. The lowest BCUT2D eigenvalue weighted by atomic mass is 10.1. The Morgan fingerprint density at radius 1 is 1.06 bits per heavy atom. The molecule has 0 radical (unpaired) electrons. The number of benzene rings is 2. The minimum absolute atomic E-state index is 0.278. The Bertz CT molecular complexity index is 930. The van der Waals surface area contributed by atoms with Crippen molar-refractivity contribution in [3.05, 3.63) is 59.2 Å². The molecule has 0 saturated carbocycles. The predicted molar refractivity (Wildman–Crippen MR) is 120 cm³/mol. The molecule has 0 saturated heterocycles. The number of rotatable bonds is 11. The second-order valence-corrected chi connectivity index (χ2v) is 7.76. The number of carbonyl (C=O) groups excluding carboxylic acids is 3. The zero-order valence-electron chi connectivity index (χ0n) is 18.1. The van der Waals surface area contributed by atoms with Gasteiger partial charge in [0.15, 0.2) is 6.61 Å². The maximum absolute atomic E-state index is 12.6. The van der Waals surface area contributed by atoms with Crippen LogP contribution in [0, 0.1) is 6.92 Å². The first-order valence-corrected chi connectivity index (χ1v) is 11.1. The molecule has 2 rings (SSSR count). The third-order valence-corrected chi connectivity index (χ3v) is 5.18. The summed E-state index contributed by atoms with van der Waals surface area (Å²) in [5.74, 6) is 0.0782. The molecule has 1 N–H and O–H groups in total. The van der Waals surface area contributed by atoms with Gasteiger partial charge in [0.1, 0.15) is 17.5 Å². The van der Waals surface area contributed by atoms with E-state index < -0.39 is 24.4 Å². The molecule has 1 amide bonds. The van der Waals surface area contributed by atoms with Gasteiger partial charge < -0.3 is 19.5 Å². The highest BCUT2D eigenvalue weighted by atomic mass is 32.2. The molecule has 0 aliphatic carbocycles. The van der Waals surface area contributed by atoms with E-state index in [-0.39, 0.29) is 11.5 Å². The van der Waals surface area contributed by atoms with Crippen LogP contribution in [0.15, 0.2) is 42.5 Å². The van der Waals surface area contributed by atoms with Gasteiger partial charge in [-0.2, -0.15) is 11.8 Å². The average Bonchev–Trinajstić information content (AvgIpc) is 2.79. The van der Waals surface area contributed by atoms with E-state index in [4.69, 9.17) is 14.2 Å². The lowest BCUT2D eigenvalue weighted by Crippen LogP contribution is -2.42. The maximum atomic E-state index is 12.6. The molecule has 0 aromatic heterocycles. The highest BCUT2D eigenvalue weighted by Gasteiger charge is 2.24. The summed E-state index contributed by atoms with van der Waals surface area (Å²) < 4.78 is 15.6. The SMILES string of the molecule is COc1ccc(C(=O)COC(=O)[C@H](CCSC)NC(=O)c2cccc(C)c2)c(OC)c1. The molecule has 2 aromatic rings. The maximum Gasteiger partial charge on any atom is 0.329 e. The number of ether oxygens (including phenoxy) is 3. The molecule has 2 aromatic carbocycles. The minimum atomic E-state index is -0.856. The number of thioether (sulfide) groups is 1. The Kier molecular flexibility index (Phi) is 9.40. The minimum Gasteiger partial charge on any atom is -0.497 e. The van der Waals surface area contributed by atoms with E-state index in [0.717, 1.165) is 5.56 Å². The van der Waals surface area contributed by atoms with Gasteiger partial charge in [-0.25, -0.2) is 4.79 Å². The van der Waals surface area contributed by atoms with Crippen molar-refractivity contribution >= 4 is 29.4 Å². The van der Waals surface area contributed by atoms with E-state index in [1.807, 2.05) is 19.2 Å². The third kappa shape index (κ3) is 7.03. The topological polar surface area (TPSA) is 90.9 Å². The standard InChI is InChI=1S/C23H27NO6S/c1-15-6-5-7-16(12-15)22(26)24-19(10-11-31-4)23(27)30-14-20(25)18-9-8-17(28-2)13-21(18)29-3/h5-9,12-13,19H,10-11,14H2,1-4H3,(H,24,26)/t19-/m0/s1. The van der Waals surface area contributed by atoms with Crippen LogP contribution in [0.5, 0.6) is 11.5 Å². The van der Waals surface area contributed by atoms with Crippen molar-refractivity contribution < 1.29 is 28.6 Å². The van der Waals surface area contributed by atoms with Gasteiger partial charge in [-0.05, 0) is 49.6 Å². The highest BCUT2D eigenvalue weighted by Crippen LogP contribution is 2.25. The van der Waals surface area contributed by atoms with Crippen molar-refractivity contribution in [2.45, 2.75) is 19.4 Å². The first kappa shape index (κ1) is 24.3. The molecule has 0 unspecified atom stereocenters. The zero-order chi connectivity index (χ0) is 22.8. The summed E-state index contributed by atoms with van der Waals surface area (Å²) in [6.07, 6.45) is 2.29. The number of Topliss-reactive ketones (excluding diaryl/α,β-unsaturated/α-hetero) is 1. The summed E-state index contributed by atoms with van der Waals surface area (Å²) in [4.78, 5) is 37.7. The summed E-state index contributed by atoms with van der Waals surface area (Å²) in [7, 11) is 2.95. The molecule has 0 aliphatic rings. The van der Waals surface area contributed by atoms with Crippen molar-refractivity contribution in [3.8, 4) is 11.5 Å². The second-order valence-electron chi connectivity index (χ2n) is 6.77. The van der Waals surface area contributed by atoms with Gasteiger partial charge >= 0.3 is 5.97 Å². The van der Waals surface area contributed by atoms with Crippen LogP contribution in [0.3, 0.4) is 0 Å². The first-order chi connectivity index (χ1) is 14.9. The molecule has 31 heavy (non-hydrogen) atoms. The number of hydrogen-bond acceptors (Lipinski definition) is 7. The molecule has 0 heterocycles. The fraction of sp³-hybridized carbons (Fsp3) is 0.348. The number of methoxy groups -OCH3 is 2. The summed E-state index contributed by atoms with van der Waals surface area (Å²) in [6, 6.07) is 11.0. The van der Waals surface area contributed by atoms with Crippen molar-refractivity contribution in [1.82, 2.24) is 5.32 Å². The molecule has 8 heteroatoms. The molecular formula is C23H27NO6S. The van der Waals surface area contributed by atoms with Gasteiger partial charge in [-0.1, -0.05) is 17.7 Å². The number of amides is 1. The van der Waals surface area contributed by atoms with Gasteiger partial charge in [0, 0.05) is 11.6 Å². The summed E-state index contributed by atoms with van der Waals surface area (Å²) in [5, 5.41) is 2.72. The number of carbonyl (C=O) groups is 3. The van der Waals surface area contributed by atoms with Crippen molar-refractivity contribution in [2.24, 2.45) is 0 Å². The van der Waals surface area contributed by atoms with E-state index in [1.165, 1.54) is 14.2 Å². The Morgan fingerprint density at radius 3 is 2.48 bits per heavy atom. The fourth-order valence-corrected chi connectivity index (χ4v) is 3.33. The number of nitrogens with one attached hydrogen (secondary N) is 1. The van der Waals surface area contributed by atoms with Crippen LogP contribution in [0.2, 0.25) is 0 Å². The van der Waals surface area contributed by atoms with E-state index in [1.54, 1.807) is 48.2 Å². The highest BCUT2D eigenvalue weighted by molar-refractivity contribution is 7.98. The third-order valence-electron chi connectivity index (χ3n) is 4.54. The van der Waals surface area contributed by atoms with Crippen LogP contribution in [-0.4, -0.2) is 56.5 Å². The smallest absolute Gasteiger partial charge is 0.329 e. The van der Waals surface area contributed by atoms with Crippen LogP contribution in [0.4, 0.5) is 0 Å². The van der Waals surface area contributed by atoms with E-state index in [9.17, 15) is 14.4 Å². The van der Waals surface area contributed by atoms with Crippen molar-refractivity contribution in [1.29, 1.82) is 0 Å². The van der Waals surface area contributed by atoms with Crippen molar-refractivity contribution in [3.63, 3.8) is 0 Å². The van der Waals surface area contributed by atoms with Crippen LogP contribution in [0.1, 0.15) is 32.7 Å². The van der Waals surface area contributed by atoms with E-state index in [0.29, 0.717) is 29.2 Å². The molecule has 166 valence electrons. The summed E-state index contributed by atoms with van der Waals surface area (Å²) >= 11 is 1.55. The quantitative estimate of drug-likeness (QED) is 0.419. The normalized spacial score (nSPS) is 11.4. The number of esters is 1. The molecule has 0 aliphatic heterocycles. The van der Waals surface area contributed by atoms with Gasteiger partial charge in [-0.3, -0.25) is 9.59 Å². The van der Waals surface area contributed by atoms with Gasteiger partial charge in [0.25, 0.3) is 5.91 Å². The lowest BCUT2D eigenvalue weighted by molar-refractivity contribution is -0.144. The monoisotopic (exact) mass is 445 g/mol. The Balaban J connectivity index is 2.05. The Morgan fingerprint density at radius 2 is 1.84 bits per heavy atom. The number of aryl methyl sites for hydroxylation is 1. The Hall–Kier alpha value is -3.00. The average molecular weight is 446 g/mol.